The van der Waals surface area contributed by atoms with E-state index in [2.05, 4.69) is 4.98 Å². The van der Waals surface area contributed by atoms with Crippen molar-refractivity contribution in [2.75, 3.05) is 0 Å². The van der Waals surface area contributed by atoms with Gasteiger partial charge < -0.3 is 9.72 Å². The van der Waals surface area contributed by atoms with Gasteiger partial charge in [-0.15, -0.1) is 0 Å². The van der Waals surface area contributed by atoms with E-state index in [4.69, 9.17) is 4.74 Å². The van der Waals surface area contributed by atoms with Gasteiger partial charge >= 0.3 is 12.3 Å². The largest absolute Gasteiger partial charge is 0.435 e. The zero-order chi connectivity index (χ0) is 19.9. The van der Waals surface area contributed by atoms with Crippen LogP contribution in [0.4, 0.5) is 18.0 Å². The van der Waals surface area contributed by atoms with Crippen molar-refractivity contribution in [1.82, 2.24) is 9.88 Å². The van der Waals surface area contributed by atoms with Crippen molar-refractivity contribution in [1.29, 1.82) is 0 Å². The van der Waals surface area contributed by atoms with Crippen molar-refractivity contribution < 1.29 is 27.5 Å². The Morgan fingerprint density at radius 2 is 1.86 bits per heavy atom. The maximum atomic E-state index is 12.9. The number of carbonyl (C=O) groups excluding carboxylic acids is 2. The van der Waals surface area contributed by atoms with E-state index in [0.29, 0.717) is 0 Å². The fraction of sp³-hybridized carbons (Fsp3) is 0.200. The quantitative estimate of drug-likeness (QED) is 0.726. The van der Waals surface area contributed by atoms with Crippen LogP contribution in [0.1, 0.15) is 16.7 Å². The fourth-order valence-electron chi connectivity index (χ4n) is 3.30. The molecule has 1 unspecified atom stereocenters. The molecule has 5 nitrogen and oxygen atoms in total. The molecule has 2 heterocycles. The summed E-state index contributed by atoms with van der Waals surface area (Å²) in [5.74, 6) is -0.562. The van der Waals surface area contributed by atoms with Crippen molar-refractivity contribution in [3.8, 4) is 0 Å². The number of aromatic amines is 1. The molecule has 8 heteroatoms. The molecule has 4 rings (SSSR count). The van der Waals surface area contributed by atoms with Crippen LogP contribution < -0.4 is 0 Å². The molecule has 1 aromatic heterocycles. The Hall–Kier alpha value is -3.29. The van der Waals surface area contributed by atoms with Gasteiger partial charge in [-0.2, -0.15) is 13.2 Å². The molecule has 2 aromatic carbocycles. The van der Waals surface area contributed by atoms with E-state index in [0.717, 1.165) is 33.5 Å². The third-order valence-electron chi connectivity index (χ3n) is 4.68. The maximum absolute atomic E-state index is 12.9. The molecule has 0 radical (unpaired) electrons. The van der Waals surface area contributed by atoms with Crippen molar-refractivity contribution in [2.24, 2.45) is 0 Å². The number of aromatic nitrogens is 1. The second-order valence-corrected chi connectivity index (χ2v) is 6.56. The first kappa shape index (κ1) is 18.1. The van der Waals surface area contributed by atoms with Crippen LogP contribution in [0.2, 0.25) is 0 Å². The number of halogens is 3. The number of H-pyrrole nitrogens is 1. The van der Waals surface area contributed by atoms with Crippen LogP contribution in [-0.4, -0.2) is 28.0 Å². The van der Waals surface area contributed by atoms with E-state index in [1.165, 1.54) is 12.1 Å². The normalized spacial score (nSPS) is 17.4. The van der Waals surface area contributed by atoms with E-state index in [9.17, 15) is 22.8 Å². The number of rotatable bonds is 4. The molecule has 1 saturated heterocycles. The Morgan fingerprint density at radius 1 is 1.07 bits per heavy atom. The molecule has 1 atom stereocenters. The number of nitrogens with zero attached hydrogens (tertiary/aromatic N) is 1. The third kappa shape index (κ3) is 3.33. The van der Waals surface area contributed by atoms with Gasteiger partial charge in [0.1, 0.15) is 0 Å². The molecule has 0 spiro atoms. The lowest BCUT2D eigenvalue weighted by Crippen LogP contribution is -2.31. The number of cyclic esters (lactones) is 1. The smallest absolute Gasteiger partial charge is 0.417 e. The second-order valence-electron chi connectivity index (χ2n) is 6.56. The van der Waals surface area contributed by atoms with Crippen molar-refractivity contribution >= 4 is 22.9 Å². The standard InChI is InChI=1S/C20H15F3N2O3/c21-20(22,23)14-5-3-4-12(8-14)11-25-18(26)17(28-19(25)27)9-13-10-24-16-7-2-1-6-15(13)16/h1-8,10,17,24H,9,11H2. The second kappa shape index (κ2) is 6.70. The number of hydrogen-bond acceptors (Lipinski definition) is 3. The van der Waals surface area contributed by atoms with Gasteiger partial charge in [0.2, 0.25) is 0 Å². The number of ether oxygens (including phenoxy) is 1. The zero-order valence-corrected chi connectivity index (χ0v) is 14.5. The highest BCUT2D eigenvalue weighted by molar-refractivity contribution is 6.00. The molecular formula is C20H15F3N2O3. The summed E-state index contributed by atoms with van der Waals surface area (Å²) in [6, 6.07) is 12.1. The lowest BCUT2D eigenvalue weighted by molar-refractivity contribution is -0.137. The molecule has 144 valence electrons. The van der Waals surface area contributed by atoms with Gasteiger partial charge in [0.25, 0.3) is 5.91 Å². The number of nitrogens with one attached hydrogen (secondary N) is 1. The zero-order valence-electron chi connectivity index (χ0n) is 14.5. The Balaban J connectivity index is 1.51. The molecule has 1 N–H and O–H groups in total. The maximum Gasteiger partial charge on any atom is 0.417 e. The number of alkyl halides is 3. The highest BCUT2D eigenvalue weighted by Gasteiger charge is 2.41. The summed E-state index contributed by atoms with van der Waals surface area (Å²) in [7, 11) is 0. The molecular weight excluding hydrogens is 373 g/mol. The topological polar surface area (TPSA) is 62.4 Å². The number of fused-ring (bicyclic) bond motifs is 1. The number of carbonyl (C=O) groups is 2. The summed E-state index contributed by atoms with van der Waals surface area (Å²) in [4.78, 5) is 28.7. The van der Waals surface area contributed by atoms with Crippen LogP contribution in [0.5, 0.6) is 0 Å². The van der Waals surface area contributed by atoms with Crippen LogP contribution >= 0.6 is 0 Å². The molecule has 1 aliphatic rings. The number of para-hydroxylation sites is 1. The summed E-state index contributed by atoms with van der Waals surface area (Å²) in [5, 5.41) is 0.919. The number of benzene rings is 2. The Morgan fingerprint density at radius 3 is 2.64 bits per heavy atom. The van der Waals surface area contributed by atoms with Gasteiger partial charge in [-0.3, -0.25) is 4.79 Å². The lowest BCUT2D eigenvalue weighted by atomic mass is 10.1. The monoisotopic (exact) mass is 388 g/mol. The summed E-state index contributed by atoms with van der Waals surface area (Å²) in [6.07, 6.45) is -4.41. The fourth-order valence-corrected chi connectivity index (χ4v) is 3.30. The molecule has 0 saturated carbocycles. The molecule has 0 aliphatic carbocycles. The summed E-state index contributed by atoms with van der Waals surface area (Å²) < 4.78 is 43.8. The van der Waals surface area contributed by atoms with E-state index in [1.54, 1.807) is 6.20 Å². The van der Waals surface area contributed by atoms with Gasteiger partial charge in [0.05, 0.1) is 12.1 Å². The van der Waals surface area contributed by atoms with Gasteiger partial charge in [0.15, 0.2) is 6.10 Å². The van der Waals surface area contributed by atoms with Crippen LogP contribution in [0, 0.1) is 0 Å². The van der Waals surface area contributed by atoms with Gasteiger partial charge in [-0.05, 0) is 29.3 Å². The predicted octanol–water partition coefficient (Wildman–Crippen LogP) is 4.28. The highest BCUT2D eigenvalue weighted by Crippen LogP contribution is 2.30. The van der Waals surface area contributed by atoms with Crippen LogP contribution in [-0.2, 0) is 28.7 Å². The van der Waals surface area contributed by atoms with Crippen molar-refractivity contribution in [3.63, 3.8) is 0 Å². The highest BCUT2D eigenvalue weighted by atomic mass is 19.4. The van der Waals surface area contributed by atoms with Crippen molar-refractivity contribution in [3.05, 3.63) is 71.4 Å². The summed E-state index contributed by atoms with van der Waals surface area (Å²) in [6.45, 7) is -0.272. The Bertz CT molecular complexity index is 1060. The van der Waals surface area contributed by atoms with Gasteiger partial charge in [0, 0.05) is 23.5 Å². The minimum atomic E-state index is -4.50. The molecule has 2 amide bonds. The minimum Gasteiger partial charge on any atom is -0.435 e. The summed E-state index contributed by atoms with van der Waals surface area (Å²) in [5.41, 5.74) is 1.09. The van der Waals surface area contributed by atoms with Gasteiger partial charge in [-0.1, -0.05) is 30.3 Å². The number of hydrogen-bond donors (Lipinski definition) is 1. The number of amides is 2. The van der Waals surface area contributed by atoms with Crippen LogP contribution in [0.15, 0.2) is 54.7 Å². The van der Waals surface area contributed by atoms with Crippen LogP contribution in [0.25, 0.3) is 10.9 Å². The first-order valence-electron chi connectivity index (χ1n) is 8.56. The summed E-state index contributed by atoms with van der Waals surface area (Å²) >= 11 is 0. The average Bonchev–Trinajstić information content (AvgIpc) is 3.18. The van der Waals surface area contributed by atoms with Gasteiger partial charge in [-0.25, -0.2) is 9.69 Å². The lowest BCUT2D eigenvalue weighted by Gasteiger charge is -2.13. The molecule has 1 fully saturated rings. The third-order valence-corrected chi connectivity index (χ3v) is 4.68. The van der Waals surface area contributed by atoms with E-state index >= 15 is 0 Å². The molecule has 1 aliphatic heterocycles. The molecule has 3 aromatic rings. The number of imide groups is 1. The minimum absolute atomic E-state index is 0.188. The molecule has 0 bridgehead atoms. The predicted molar refractivity (Wildman–Crippen MR) is 94.3 cm³/mol. The SMILES string of the molecule is O=C1OC(Cc2c[nH]c3ccccc23)C(=O)N1Cc1cccc(C(F)(F)F)c1. The van der Waals surface area contributed by atoms with E-state index < -0.39 is 29.8 Å². The van der Waals surface area contributed by atoms with E-state index in [-0.39, 0.29) is 18.5 Å². The first-order chi connectivity index (χ1) is 13.3. The van der Waals surface area contributed by atoms with Crippen LogP contribution in [0.3, 0.4) is 0 Å². The molecule has 28 heavy (non-hydrogen) atoms. The Labute approximate surface area is 157 Å². The average molecular weight is 388 g/mol. The van der Waals surface area contributed by atoms with E-state index in [1.807, 2.05) is 24.3 Å². The van der Waals surface area contributed by atoms with Crippen molar-refractivity contribution in [2.45, 2.75) is 25.2 Å². The Kier molecular flexibility index (Phi) is 4.33. The first-order valence-corrected chi connectivity index (χ1v) is 8.56.